The van der Waals surface area contributed by atoms with E-state index in [0.29, 0.717) is 0 Å². The van der Waals surface area contributed by atoms with Gasteiger partial charge in [0.1, 0.15) is 16.9 Å². The summed E-state index contributed by atoms with van der Waals surface area (Å²) in [7, 11) is 0. The molecular weight excluding hydrogens is 248 g/mol. The zero-order valence-corrected chi connectivity index (χ0v) is 10.7. The fourth-order valence-electron chi connectivity index (χ4n) is 2.62. The van der Waals surface area contributed by atoms with Crippen LogP contribution in [0.2, 0.25) is 0 Å². The first kappa shape index (κ1) is 11.1. The quantitative estimate of drug-likeness (QED) is 0.525. The Hall–Kier alpha value is -2.74. The Bertz CT molecular complexity index is 902. The molecule has 20 heavy (non-hydrogen) atoms. The van der Waals surface area contributed by atoms with Crippen LogP contribution in [0.1, 0.15) is 0 Å². The first-order chi connectivity index (χ1) is 9.83. The van der Waals surface area contributed by atoms with Crippen LogP contribution in [-0.2, 0) is 0 Å². The SMILES string of the molecule is Oc1ccc(-c2cccc3c2oc2ccccc23)cc1. The van der Waals surface area contributed by atoms with Crippen molar-refractivity contribution in [3.63, 3.8) is 0 Å². The van der Waals surface area contributed by atoms with Gasteiger partial charge in [-0.05, 0) is 23.8 Å². The molecule has 0 radical (unpaired) electrons. The van der Waals surface area contributed by atoms with Crippen LogP contribution in [0.15, 0.2) is 71.1 Å². The first-order valence-corrected chi connectivity index (χ1v) is 6.52. The highest BCUT2D eigenvalue weighted by Gasteiger charge is 2.11. The predicted octanol–water partition coefficient (Wildman–Crippen LogP) is 4.96. The zero-order valence-electron chi connectivity index (χ0n) is 10.7. The third kappa shape index (κ3) is 1.58. The van der Waals surface area contributed by atoms with E-state index in [9.17, 15) is 5.11 Å². The maximum absolute atomic E-state index is 9.41. The van der Waals surface area contributed by atoms with Gasteiger partial charge in [-0.15, -0.1) is 0 Å². The molecule has 0 saturated heterocycles. The summed E-state index contributed by atoms with van der Waals surface area (Å²) in [5.74, 6) is 0.269. The Morgan fingerprint density at radius 2 is 1.45 bits per heavy atom. The van der Waals surface area contributed by atoms with Gasteiger partial charge in [-0.3, -0.25) is 0 Å². The number of para-hydroxylation sites is 2. The summed E-state index contributed by atoms with van der Waals surface area (Å²) < 4.78 is 6.01. The van der Waals surface area contributed by atoms with Crippen LogP contribution < -0.4 is 0 Å². The molecule has 0 aliphatic rings. The molecule has 1 aromatic heterocycles. The smallest absolute Gasteiger partial charge is 0.143 e. The summed E-state index contributed by atoms with van der Waals surface area (Å²) in [5, 5.41) is 11.7. The Balaban J connectivity index is 2.07. The molecule has 0 fully saturated rings. The molecule has 2 nitrogen and oxygen atoms in total. The van der Waals surface area contributed by atoms with Gasteiger partial charge in [0.25, 0.3) is 0 Å². The second kappa shape index (κ2) is 4.14. The Kier molecular flexibility index (Phi) is 2.30. The fourth-order valence-corrected chi connectivity index (χ4v) is 2.62. The highest BCUT2D eigenvalue weighted by Crippen LogP contribution is 2.35. The lowest BCUT2D eigenvalue weighted by molar-refractivity contribution is 0.475. The minimum absolute atomic E-state index is 0.269. The minimum Gasteiger partial charge on any atom is -0.508 e. The molecule has 2 heteroatoms. The fraction of sp³-hybridized carbons (Fsp3) is 0. The van der Waals surface area contributed by atoms with Crippen molar-refractivity contribution in [1.82, 2.24) is 0 Å². The van der Waals surface area contributed by atoms with Gasteiger partial charge in [0.05, 0.1) is 0 Å². The van der Waals surface area contributed by atoms with Crippen LogP contribution in [0.4, 0.5) is 0 Å². The topological polar surface area (TPSA) is 33.4 Å². The summed E-state index contributed by atoms with van der Waals surface area (Å²) in [6.45, 7) is 0. The number of hydrogen-bond acceptors (Lipinski definition) is 2. The van der Waals surface area contributed by atoms with Gasteiger partial charge in [-0.25, -0.2) is 0 Å². The number of fused-ring (bicyclic) bond motifs is 3. The van der Waals surface area contributed by atoms with Crippen molar-refractivity contribution in [2.45, 2.75) is 0 Å². The summed E-state index contributed by atoms with van der Waals surface area (Å²) >= 11 is 0. The average molecular weight is 260 g/mol. The first-order valence-electron chi connectivity index (χ1n) is 6.52. The highest BCUT2D eigenvalue weighted by molar-refractivity contribution is 6.09. The normalized spacial score (nSPS) is 11.2. The van der Waals surface area contributed by atoms with Gasteiger partial charge in [-0.1, -0.05) is 48.5 Å². The molecule has 0 aliphatic heterocycles. The summed E-state index contributed by atoms with van der Waals surface area (Å²) in [4.78, 5) is 0. The molecule has 1 heterocycles. The minimum atomic E-state index is 0.269. The number of hydrogen-bond donors (Lipinski definition) is 1. The summed E-state index contributed by atoms with van der Waals surface area (Å²) in [6, 6.07) is 21.4. The highest BCUT2D eigenvalue weighted by atomic mass is 16.3. The lowest BCUT2D eigenvalue weighted by Gasteiger charge is -2.02. The molecule has 0 amide bonds. The molecule has 0 aliphatic carbocycles. The van der Waals surface area contributed by atoms with E-state index in [1.165, 1.54) is 0 Å². The second-order valence-electron chi connectivity index (χ2n) is 4.83. The van der Waals surface area contributed by atoms with Crippen molar-refractivity contribution in [1.29, 1.82) is 0 Å². The third-order valence-electron chi connectivity index (χ3n) is 3.58. The van der Waals surface area contributed by atoms with Gasteiger partial charge in [0, 0.05) is 16.3 Å². The molecule has 0 unspecified atom stereocenters. The van der Waals surface area contributed by atoms with Gasteiger partial charge in [0.2, 0.25) is 0 Å². The van der Waals surface area contributed by atoms with Crippen molar-refractivity contribution in [2.75, 3.05) is 0 Å². The predicted molar refractivity (Wildman–Crippen MR) is 80.8 cm³/mol. The van der Waals surface area contributed by atoms with Gasteiger partial charge >= 0.3 is 0 Å². The van der Waals surface area contributed by atoms with E-state index in [-0.39, 0.29) is 5.75 Å². The van der Waals surface area contributed by atoms with Crippen LogP contribution in [0.3, 0.4) is 0 Å². The van der Waals surface area contributed by atoms with Crippen LogP contribution in [0.5, 0.6) is 5.75 Å². The van der Waals surface area contributed by atoms with Crippen LogP contribution >= 0.6 is 0 Å². The molecule has 0 saturated carbocycles. The molecular formula is C18H12O2. The maximum Gasteiger partial charge on any atom is 0.143 e. The van der Waals surface area contributed by atoms with Gasteiger partial charge in [-0.2, -0.15) is 0 Å². The van der Waals surface area contributed by atoms with E-state index in [0.717, 1.165) is 33.1 Å². The Morgan fingerprint density at radius 1 is 0.700 bits per heavy atom. The van der Waals surface area contributed by atoms with Crippen molar-refractivity contribution < 1.29 is 9.52 Å². The second-order valence-corrected chi connectivity index (χ2v) is 4.83. The van der Waals surface area contributed by atoms with Crippen molar-refractivity contribution in [2.24, 2.45) is 0 Å². The molecule has 96 valence electrons. The van der Waals surface area contributed by atoms with Crippen molar-refractivity contribution >= 4 is 21.9 Å². The number of furan rings is 1. The van der Waals surface area contributed by atoms with E-state index in [1.807, 2.05) is 42.5 Å². The van der Waals surface area contributed by atoms with E-state index in [4.69, 9.17) is 4.42 Å². The third-order valence-corrected chi connectivity index (χ3v) is 3.58. The number of phenols is 1. The van der Waals surface area contributed by atoms with E-state index < -0.39 is 0 Å². The summed E-state index contributed by atoms with van der Waals surface area (Å²) in [5.41, 5.74) is 3.86. The molecule has 3 aromatic carbocycles. The van der Waals surface area contributed by atoms with E-state index >= 15 is 0 Å². The molecule has 1 N–H and O–H groups in total. The molecule has 0 atom stereocenters. The van der Waals surface area contributed by atoms with Crippen LogP contribution in [0.25, 0.3) is 33.1 Å². The lowest BCUT2D eigenvalue weighted by atomic mass is 10.0. The molecule has 0 bridgehead atoms. The van der Waals surface area contributed by atoms with Gasteiger partial charge in [0.15, 0.2) is 0 Å². The van der Waals surface area contributed by atoms with Crippen LogP contribution in [0, 0.1) is 0 Å². The molecule has 4 rings (SSSR count). The monoisotopic (exact) mass is 260 g/mol. The maximum atomic E-state index is 9.41. The van der Waals surface area contributed by atoms with Gasteiger partial charge < -0.3 is 9.52 Å². The average Bonchev–Trinajstić information content (AvgIpc) is 2.87. The number of aromatic hydroxyl groups is 1. The largest absolute Gasteiger partial charge is 0.508 e. The zero-order chi connectivity index (χ0) is 13.5. The molecule has 0 spiro atoms. The van der Waals surface area contributed by atoms with E-state index in [2.05, 4.69) is 12.1 Å². The number of rotatable bonds is 1. The number of phenolic OH excluding ortho intramolecular Hbond substituents is 1. The molecule has 4 aromatic rings. The number of benzene rings is 3. The van der Waals surface area contributed by atoms with Crippen LogP contribution in [-0.4, -0.2) is 5.11 Å². The Morgan fingerprint density at radius 3 is 2.30 bits per heavy atom. The standard InChI is InChI=1S/C18H12O2/c19-13-10-8-12(9-11-13)14-5-3-6-16-15-4-1-2-7-17(15)20-18(14)16/h1-11,19H. The lowest BCUT2D eigenvalue weighted by Crippen LogP contribution is -1.78. The Labute approximate surface area is 115 Å². The van der Waals surface area contributed by atoms with Crippen molar-refractivity contribution in [3.8, 4) is 16.9 Å². The summed E-state index contributed by atoms with van der Waals surface area (Å²) in [6.07, 6.45) is 0. The van der Waals surface area contributed by atoms with Crippen molar-refractivity contribution in [3.05, 3.63) is 66.7 Å². The van der Waals surface area contributed by atoms with E-state index in [1.54, 1.807) is 12.1 Å².